The summed E-state index contributed by atoms with van der Waals surface area (Å²) >= 11 is 5.81. The molecule has 0 bridgehead atoms. The molecular formula is C12H17ClN2O. The highest BCUT2D eigenvalue weighted by atomic mass is 35.5. The monoisotopic (exact) mass is 240 g/mol. The summed E-state index contributed by atoms with van der Waals surface area (Å²) in [6, 6.07) is 7.08. The topological polar surface area (TPSA) is 41.1 Å². The Morgan fingerprint density at radius 1 is 1.50 bits per heavy atom. The number of benzene rings is 1. The molecule has 1 aromatic carbocycles. The highest BCUT2D eigenvalue weighted by molar-refractivity contribution is 6.30. The predicted octanol–water partition coefficient (Wildman–Crippen LogP) is 3.65. The molecule has 0 aliphatic rings. The molecule has 1 atom stereocenters. The van der Waals surface area contributed by atoms with Crippen LogP contribution in [0.3, 0.4) is 0 Å². The van der Waals surface area contributed by atoms with Gasteiger partial charge in [0.1, 0.15) is 0 Å². The second kappa shape index (κ2) is 6.38. The van der Waals surface area contributed by atoms with E-state index in [1.54, 1.807) is 24.3 Å². The van der Waals surface area contributed by atoms with Gasteiger partial charge in [0.05, 0.1) is 0 Å². The lowest BCUT2D eigenvalue weighted by Crippen LogP contribution is -2.35. The lowest BCUT2D eigenvalue weighted by molar-refractivity contribution is 0.248. The molecule has 3 nitrogen and oxygen atoms in total. The molecule has 0 aliphatic carbocycles. The van der Waals surface area contributed by atoms with E-state index >= 15 is 0 Å². The van der Waals surface area contributed by atoms with E-state index in [-0.39, 0.29) is 12.1 Å². The van der Waals surface area contributed by atoms with Gasteiger partial charge in [0.25, 0.3) is 0 Å². The zero-order valence-electron chi connectivity index (χ0n) is 9.59. The van der Waals surface area contributed by atoms with Crippen LogP contribution in [0.15, 0.2) is 24.3 Å². The van der Waals surface area contributed by atoms with Gasteiger partial charge < -0.3 is 10.6 Å². The fourth-order valence-corrected chi connectivity index (χ4v) is 1.65. The summed E-state index contributed by atoms with van der Waals surface area (Å²) in [6.45, 7) is 4.08. The summed E-state index contributed by atoms with van der Waals surface area (Å²) in [5, 5.41) is 6.20. The molecule has 0 radical (unpaired) electrons. The molecule has 1 aromatic rings. The maximum atomic E-state index is 11.5. The minimum atomic E-state index is -0.191. The van der Waals surface area contributed by atoms with Crippen LogP contribution < -0.4 is 10.6 Å². The van der Waals surface area contributed by atoms with Gasteiger partial charge in [0, 0.05) is 16.8 Å². The van der Waals surface area contributed by atoms with Crippen LogP contribution in [0.1, 0.15) is 26.7 Å². The number of rotatable bonds is 4. The second-order valence-corrected chi connectivity index (χ2v) is 4.23. The van der Waals surface area contributed by atoms with Gasteiger partial charge in [-0.2, -0.15) is 0 Å². The molecule has 0 aliphatic heterocycles. The van der Waals surface area contributed by atoms with Gasteiger partial charge in [-0.25, -0.2) is 4.79 Å². The molecule has 0 spiro atoms. The number of amides is 2. The summed E-state index contributed by atoms with van der Waals surface area (Å²) in [7, 11) is 0. The van der Waals surface area contributed by atoms with Crippen molar-refractivity contribution in [1.82, 2.24) is 5.32 Å². The molecule has 0 fully saturated rings. The molecule has 0 heterocycles. The van der Waals surface area contributed by atoms with Gasteiger partial charge in [-0.1, -0.05) is 31.0 Å². The summed E-state index contributed by atoms with van der Waals surface area (Å²) in [4.78, 5) is 11.5. The van der Waals surface area contributed by atoms with Gasteiger partial charge in [-0.15, -0.1) is 0 Å². The predicted molar refractivity (Wildman–Crippen MR) is 68.0 cm³/mol. The van der Waals surface area contributed by atoms with Crippen molar-refractivity contribution in [3.63, 3.8) is 0 Å². The molecule has 4 heteroatoms. The maximum Gasteiger partial charge on any atom is 0.319 e. The molecule has 88 valence electrons. The maximum absolute atomic E-state index is 11.5. The van der Waals surface area contributed by atoms with Gasteiger partial charge in [0.2, 0.25) is 0 Å². The largest absolute Gasteiger partial charge is 0.335 e. The van der Waals surface area contributed by atoms with Crippen molar-refractivity contribution in [3.05, 3.63) is 29.3 Å². The number of hydrogen-bond donors (Lipinski definition) is 2. The minimum absolute atomic E-state index is 0.184. The number of urea groups is 1. The third-order valence-corrected chi connectivity index (χ3v) is 2.42. The number of hydrogen-bond acceptors (Lipinski definition) is 1. The van der Waals surface area contributed by atoms with Crippen LogP contribution in [0.4, 0.5) is 10.5 Å². The van der Waals surface area contributed by atoms with Gasteiger partial charge >= 0.3 is 6.03 Å². The SMILES string of the molecule is CCCC(C)NC(=O)Nc1cccc(Cl)c1. The first-order valence-electron chi connectivity index (χ1n) is 5.45. The summed E-state index contributed by atoms with van der Waals surface area (Å²) in [5.74, 6) is 0. The number of anilines is 1. The fraction of sp³-hybridized carbons (Fsp3) is 0.417. The molecule has 0 saturated carbocycles. The molecule has 0 saturated heterocycles. The van der Waals surface area contributed by atoms with E-state index in [1.807, 2.05) is 6.92 Å². The molecular weight excluding hydrogens is 224 g/mol. The first-order valence-corrected chi connectivity index (χ1v) is 5.82. The zero-order chi connectivity index (χ0) is 12.0. The Balaban J connectivity index is 2.45. The van der Waals surface area contributed by atoms with Crippen molar-refractivity contribution < 1.29 is 4.79 Å². The van der Waals surface area contributed by atoms with Crippen molar-refractivity contribution in [2.75, 3.05) is 5.32 Å². The van der Waals surface area contributed by atoms with E-state index < -0.39 is 0 Å². The Hall–Kier alpha value is -1.22. The Bertz CT molecular complexity index is 355. The first kappa shape index (κ1) is 12.8. The van der Waals surface area contributed by atoms with Crippen molar-refractivity contribution in [2.24, 2.45) is 0 Å². The number of halogens is 1. The van der Waals surface area contributed by atoms with Crippen LogP contribution in [0.2, 0.25) is 5.02 Å². The number of carbonyl (C=O) groups excluding carboxylic acids is 1. The minimum Gasteiger partial charge on any atom is -0.335 e. The second-order valence-electron chi connectivity index (χ2n) is 3.80. The van der Waals surface area contributed by atoms with E-state index in [9.17, 15) is 4.79 Å². The van der Waals surface area contributed by atoms with E-state index in [2.05, 4.69) is 17.6 Å². The van der Waals surface area contributed by atoms with Gasteiger partial charge in [-0.3, -0.25) is 0 Å². The van der Waals surface area contributed by atoms with Crippen molar-refractivity contribution in [3.8, 4) is 0 Å². The van der Waals surface area contributed by atoms with Gasteiger partial charge in [0.15, 0.2) is 0 Å². The fourth-order valence-electron chi connectivity index (χ4n) is 1.46. The lowest BCUT2D eigenvalue weighted by atomic mass is 10.2. The lowest BCUT2D eigenvalue weighted by Gasteiger charge is -2.13. The van der Waals surface area contributed by atoms with Gasteiger partial charge in [-0.05, 0) is 31.5 Å². The van der Waals surface area contributed by atoms with Crippen LogP contribution in [0.25, 0.3) is 0 Å². The first-order chi connectivity index (χ1) is 7.61. The van der Waals surface area contributed by atoms with Crippen LogP contribution in [0, 0.1) is 0 Å². The van der Waals surface area contributed by atoms with E-state index in [0.717, 1.165) is 12.8 Å². The average molecular weight is 241 g/mol. The molecule has 0 aromatic heterocycles. The van der Waals surface area contributed by atoms with Crippen molar-refractivity contribution in [2.45, 2.75) is 32.7 Å². The molecule has 16 heavy (non-hydrogen) atoms. The summed E-state index contributed by atoms with van der Waals surface area (Å²) in [6.07, 6.45) is 2.03. The van der Waals surface area contributed by atoms with Crippen LogP contribution >= 0.6 is 11.6 Å². The Labute approximate surface area is 101 Å². The Morgan fingerprint density at radius 3 is 2.88 bits per heavy atom. The highest BCUT2D eigenvalue weighted by Gasteiger charge is 2.06. The normalized spacial score (nSPS) is 11.9. The zero-order valence-corrected chi connectivity index (χ0v) is 10.3. The summed E-state index contributed by atoms with van der Waals surface area (Å²) in [5.41, 5.74) is 0.702. The molecule has 2 amide bonds. The van der Waals surface area contributed by atoms with E-state index in [4.69, 9.17) is 11.6 Å². The standard InChI is InChI=1S/C12H17ClN2O/c1-3-5-9(2)14-12(16)15-11-7-4-6-10(13)8-11/h4,6-9H,3,5H2,1-2H3,(H2,14,15,16). The quantitative estimate of drug-likeness (QED) is 0.829. The molecule has 2 N–H and O–H groups in total. The third-order valence-electron chi connectivity index (χ3n) is 2.18. The van der Waals surface area contributed by atoms with Crippen LogP contribution in [0.5, 0.6) is 0 Å². The van der Waals surface area contributed by atoms with Crippen molar-refractivity contribution in [1.29, 1.82) is 0 Å². The Morgan fingerprint density at radius 2 is 2.25 bits per heavy atom. The van der Waals surface area contributed by atoms with Crippen molar-refractivity contribution >= 4 is 23.3 Å². The third kappa shape index (κ3) is 4.53. The van der Waals surface area contributed by atoms with E-state index in [1.165, 1.54) is 0 Å². The Kier molecular flexibility index (Phi) is 5.12. The molecule has 1 unspecified atom stereocenters. The smallest absolute Gasteiger partial charge is 0.319 e. The number of carbonyl (C=O) groups is 1. The van der Waals surface area contributed by atoms with Crippen LogP contribution in [-0.2, 0) is 0 Å². The van der Waals surface area contributed by atoms with E-state index in [0.29, 0.717) is 10.7 Å². The number of nitrogens with one attached hydrogen (secondary N) is 2. The van der Waals surface area contributed by atoms with Crippen LogP contribution in [-0.4, -0.2) is 12.1 Å². The summed E-state index contributed by atoms with van der Waals surface area (Å²) < 4.78 is 0. The molecule has 1 rings (SSSR count). The highest BCUT2D eigenvalue weighted by Crippen LogP contribution is 2.14. The average Bonchev–Trinajstić information content (AvgIpc) is 2.17.